The van der Waals surface area contributed by atoms with E-state index < -0.39 is 12.0 Å². The van der Waals surface area contributed by atoms with Crippen molar-refractivity contribution in [2.24, 2.45) is 0 Å². The van der Waals surface area contributed by atoms with E-state index >= 15 is 0 Å². The SMILES string of the molecule is CCc1cc2[nH]c(CNC(=O)C(C)O)cc2cc1F. The number of carbonyl (C=O) groups is 1. The number of halogens is 1. The first-order valence-corrected chi connectivity index (χ1v) is 6.27. The lowest BCUT2D eigenvalue weighted by Gasteiger charge is -2.05. The Morgan fingerprint density at radius 3 is 2.84 bits per heavy atom. The molecule has 0 radical (unpaired) electrons. The zero-order valence-electron chi connectivity index (χ0n) is 11.0. The summed E-state index contributed by atoms with van der Waals surface area (Å²) in [6.07, 6.45) is -0.400. The highest BCUT2D eigenvalue weighted by molar-refractivity contribution is 5.82. The van der Waals surface area contributed by atoms with Gasteiger partial charge in [0, 0.05) is 16.6 Å². The molecule has 1 aromatic carbocycles. The average Bonchev–Trinajstić information content (AvgIpc) is 2.76. The topological polar surface area (TPSA) is 65.1 Å². The molecular formula is C14H17FN2O2. The van der Waals surface area contributed by atoms with Crippen LogP contribution >= 0.6 is 0 Å². The molecule has 0 fully saturated rings. The van der Waals surface area contributed by atoms with Crippen LogP contribution in [0, 0.1) is 5.82 Å². The summed E-state index contributed by atoms with van der Waals surface area (Å²) in [4.78, 5) is 14.4. The number of nitrogens with one attached hydrogen (secondary N) is 2. The molecule has 0 saturated heterocycles. The van der Waals surface area contributed by atoms with Gasteiger partial charge in [0.2, 0.25) is 5.91 Å². The number of aromatic amines is 1. The lowest BCUT2D eigenvalue weighted by molar-refractivity contribution is -0.128. The smallest absolute Gasteiger partial charge is 0.248 e. The molecule has 0 aliphatic heterocycles. The van der Waals surface area contributed by atoms with Gasteiger partial charge in [0.15, 0.2) is 0 Å². The van der Waals surface area contributed by atoms with E-state index in [0.717, 1.165) is 16.6 Å². The van der Waals surface area contributed by atoms with Gasteiger partial charge in [-0.3, -0.25) is 4.79 Å². The van der Waals surface area contributed by atoms with Gasteiger partial charge in [0.05, 0.1) is 6.54 Å². The maximum absolute atomic E-state index is 13.6. The van der Waals surface area contributed by atoms with Crippen LogP contribution in [0.2, 0.25) is 0 Å². The average molecular weight is 264 g/mol. The third-order valence-electron chi connectivity index (χ3n) is 3.06. The van der Waals surface area contributed by atoms with Gasteiger partial charge in [-0.1, -0.05) is 6.92 Å². The fourth-order valence-corrected chi connectivity index (χ4v) is 1.95. The van der Waals surface area contributed by atoms with Crippen molar-refractivity contribution < 1.29 is 14.3 Å². The largest absolute Gasteiger partial charge is 0.384 e. The van der Waals surface area contributed by atoms with Gasteiger partial charge in [-0.25, -0.2) is 4.39 Å². The van der Waals surface area contributed by atoms with E-state index in [-0.39, 0.29) is 12.4 Å². The number of fused-ring (bicyclic) bond motifs is 1. The first-order chi connectivity index (χ1) is 9.01. The van der Waals surface area contributed by atoms with E-state index in [9.17, 15) is 9.18 Å². The molecule has 1 aromatic heterocycles. The van der Waals surface area contributed by atoms with Crippen molar-refractivity contribution >= 4 is 16.8 Å². The highest BCUT2D eigenvalue weighted by atomic mass is 19.1. The number of H-pyrrole nitrogens is 1. The van der Waals surface area contributed by atoms with Crippen molar-refractivity contribution in [3.63, 3.8) is 0 Å². The van der Waals surface area contributed by atoms with Crippen LogP contribution in [0.25, 0.3) is 10.9 Å². The summed E-state index contributed by atoms with van der Waals surface area (Å²) < 4.78 is 13.6. The second-order valence-electron chi connectivity index (χ2n) is 4.57. The summed E-state index contributed by atoms with van der Waals surface area (Å²) >= 11 is 0. The van der Waals surface area contributed by atoms with Gasteiger partial charge in [-0.2, -0.15) is 0 Å². The number of benzene rings is 1. The van der Waals surface area contributed by atoms with Crippen molar-refractivity contribution in [2.75, 3.05) is 0 Å². The fraction of sp³-hybridized carbons (Fsp3) is 0.357. The number of carbonyl (C=O) groups excluding carboxylic acids is 1. The number of hydrogen-bond acceptors (Lipinski definition) is 2. The Hall–Kier alpha value is -1.88. The van der Waals surface area contributed by atoms with Gasteiger partial charge in [0.25, 0.3) is 0 Å². The highest BCUT2D eigenvalue weighted by Crippen LogP contribution is 2.20. The Morgan fingerprint density at radius 1 is 1.47 bits per heavy atom. The Kier molecular flexibility index (Phi) is 3.85. The van der Waals surface area contributed by atoms with Crippen LogP contribution in [0.1, 0.15) is 25.1 Å². The van der Waals surface area contributed by atoms with Gasteiger partial charge in [0.1, 0.15) is 11.9 Å². The van der Waals surface area contributed by atoms with Crippen molar-refractivity contribution in [2.45, 2.75) is 32.9 Å². The first-order valence-electron chi connectivity index (χ1n) is 6.27. The van der Waals surface area contributed by atoms with Crippen LogP contribution in [0.15, 0.2) is 18.2 Å². The third kappa shape index (κ3) is 2.93. The molecule has 4 nitrogen and oxygen atoms in total. The molecule has 102 valence electrons. The van der Waals surface area contributed by atoms with Crippen LogP contribution in [-0.2, 0) is 17.8 Å². The maximum Gasteiger partial charge on any atom is 0.248 e. The van der Waals surface area contributed by atoms with E-state index in [2.05, 4.69) is 10.3 Å². The van der Waals surface area contributed by atoms with E-state index in [1.165, 1.54) is 13.0 Å². The molecule has 0 spiro atoms. The standard InChI is InChI=1S/C14H17FN2O2/c1-3-9-6-13-10(5-12(9)15)4-11(17-13)7-16-14(19)8(2)18/h4-6,8,17-18H,3,7H2,1-2H3,(H,16,19). The second kappa shape index (κ2) is 5.40. The van der Waals surface area contributed by atoms with Gasteiger partial charge in [-0.15, -0.1) is 0 Å². The van der Waals surface area contributed by atoms with Crippen LogP contribution in [-0.4, -0.2) is 22.1 Å². The number of aromatic nitrogens is 1. The zero-order chi connectivity index (χ0) is 14.0. The Labute approximate surface area is 110 Å². The number of aliphatic hydroxyl groups is 1. The number of aliphatic hydroxyl groups excluding tert-OH is 1. The molecule has 5 heteroatoms. The molecule has 1 heterocycles. The summed E-state index contributed by atoms with van der Waals surface area (Å²) in [6, 6.07) is 5.06. The van der Waals surface area contributed by atoms with E-state index in [0.29, 0.717) is 12.0 Å². The molecule has 1 unspecified atom stereocenters. The molecule has 2 aromatic rings. The van der Waals surface area contributed by atoms with E-state index in [1.54, 1.807) is 12.1 Å². The lowest BCUT2D eigenvalue weighted by Crippen LogP contribution is -2.32. The molecular weight excluding hydrogens is 247 g/mol. The van der Waals surface area contributed by atoms with Crippen LogP contribution in [0.5, 0.6) is 0 Å². The van der Waals surface area contributed by atoms with Crippen LogP contribution in [0.4, 0.5) is 4.39 Å². The number of rotatable bonds is 4. The normalized spacial score (nSPS) is 12.6. The maximum atomic E-state index is 13.6. The van der Waals surface area contributed by atoms with Gasteiger partial charge in [-0.05, 0) is 37.1 Å². The molecule has 1 atom stereocenters. The molecule has 19 heavy (non-hydrogen) atoms. The highest BCUT2D eigenvalue weighted by Gasteiger charge is 2.10. The summed E-state index contributed by atoms with van der Waals surface area (Å²) in [5, 5.41) is 12.4. The van der Waals surface area contributed by atoms with E-state index in [4.69, 9.17) is 5.11 Å². The first kappa shape index (κ1) is 13.5. The molecule has 0 aliphatic rings. The molecule has 0 saturated carbocycles. The minimum absolute atomic E-state index is 0.214. The van der Waals surface area contributed by atoms with Crippen molar-refractivity contribution in [3.05, 3.63) is 35.3 Å². The van der Waals surface area contributed by atoms with Crippen molar-refractivity contribution in [1.82, 2.24) is 10.3 Å². The molecule has 1 amide bonds. The molecule has 3 N–H and O–H groups in total. The predicted molar refractivity (Wildman–Crippen MR) is 71.2 cm³/mol. The molecule has 0 bridgehead atoms. The Bertz CT molecular complexity index is 605. The second-order valence-corrected chi connectivity index (χ2v) is 4.57. The van der Waals surface area contributed by atoms with Crippen LogP contribution in [0.3, 0.4) is 0 Å². The van der Waals surface area contributed by atoms with Gasteiger partial charge < -0.3 is 15.4 Å². The quantitative estimate of drug-likeness (QED) is 0.789. The van der Waals surface area contributed by atoms with Gasteiger partial charge >= 0.3 is 0 Å². The predicted octanol–water partition coefficient (Wildman–Crippen LogP) is 1.87. The summed E-state index contributed by atoms with van der Waals surface area (Å²) in [5.41, 5.74) is 2.28. The summed E-state index contributed by atoms with van der Waals surface area (Å²) in [5.74, 6) is -0.646. The number of amides is 1. The lowest BCUT2D eigenvalue weighted by atomic mass is 10.1. The number of hydrogen-bond donors (Lipinski definition) is 3. The Morgan fingerprint density at radius 2 is 2.21 bits per heavy atom. The minimum atomic E-state index is -1.03. The van der Waals surface area contributed by atoms with Crippen molar-refractivity contribution in [1.29, 1.82) is 0 Å². The summed E-state index contributed by atoms with van der Waals surface area (Å²) in [6.45, 7) is 3.59. The van der Waals surface area contributed by atoms with Crippen LogP contribution < -0.4 is 5.32 Å². The minimum Gasteiger partial charge on any atom is -0.384 e. The summed E-state index contributed by atoms with van der Waals surface area (Å²) in [7, 11) is 0. The molecule has 0 aliphatic carbocycles. The van der Waals surface area contributed by atoms with Crippen molar-refractivity contribution in [3.8, 4) is 0 Å². The number of aryl methyl sites for hydroxylation is 1. The fourth-order valence-electron chi connectivity index (χ4n) is 1.95. The van der Waals surface area contributed by atoms with E-state index in [1.807, 2.05) is 6.92 Å². The monoisotopic (exact) mass is 264 g/mol. The Balaban J connectivity index is 2.20. The molecule has 2 rings (SSSR count). The third-order valence-corrected chi connectivity index (χ3v) is 3.06. The zero-order valence-corrected chi connectivity index (χ0v) is 11.0.